The van der Waals surface area contributed by atoms with E-state index in [2.05, 4.69) is 22.4 Å². The normalized spacial score (nSPS) is 37.8. The molecule has 3 rings (SSSR count). The molecular weight excluding hydrogens is 236 g/mol. The van der Waals surface area contributed by atoms with Crippen LogP contribution in [-0.2, 0) is 11.8 Å². The summed E-state index contributed by atoms with van der Waals surface area (Å²) in [5, 5.41) is 12.7. The molecule has 0 saturated carbocycles. The summed E-state index contributed by atoms with van der Waals surface area (Å²) in [4.78, 5) is 1.62. The van der Waals surface area contributed by atoms with Crippen LogP contribution in [0.5, 0.6) is 0 Å². The molecule has 6 heteroatoms. The average molecular weight is 254 g/mol. The third-order valence-corrected chi connectivity index (χ3v) is 5.11. The molecule has 0 aromatic carbocycles. The molecular formula is C11H18N4OS. The largest absolute Gasteiger partial charge is 0.370 e. The van der Waals surface area contributed by atoms with Gasteiger partial charge in [-0.1, -0.05) is 6.92 Å². The topological polar surface area (TPSA) is 52.0 Å². The fourth-order valence-electron chi connectivity index (χ4n) is 2.86. The van der Waals surface area contributed by atoms with Gasteiger partial charge in [-0.3, -0.25) is 0 Å². The Bertz CT molecular complexity index is 410. The zero-order valence-electron chi connectivity index (χ0n) is 10.2. The van der Waals surface area contributed by atoms with Crippen LogP contribution >= 0.6 is 11.8 Å². The van der Waals surface area contributed by atoms with Gasteiger partial charge >= 0.3 is 0 Å². The molecule has 1 aromatic rings. The Morgan fingerprint density at radius 1 is 1.65 bits per heavy atom. The van der Waals surface area contributed by atoms with Gasteiger partial charge in [-0.05, 0) is 12.2 Å². The second kappa shape index (κ2) is 4.26. The maximum absolute atomic E-state index is 6.15. The first kappa shape index (κ1) is 11.5. The highest BCUT2D eigenvalue weighted by Crippen LogP contribution is 2.47. The third-order valence-electron chi connectivity index (χ3n) is 3.77. The molecule has 2 fully saturated rings. The van der Waals surface area contributed by atoms with Gasteiger partial charge in [-0.25, -0.2) is 0 Å². The van der Waals surface area contributed by atoms with E-state index in [-0.39, 0.29) is 11.6 Å². The lowest BCUT2D eigenvalue weighted by atomic mass is 9.85. The molecule has 0 amide bonds. The highest BCUT2D eigenvalue weighted by atomic mass is 32.2. The zero-order chi connectivity index (χ0) is 11.9. The van der Waals surface area contributed by atoms with Gasteiger partial charge in [0.1, 0.15) is 11.3 Å². The number of rotatable bonds is 1. The molecule has 3 unspecified atom stereocenters. The second-order valence-electron chi connectivity index (χ2n) is 4.71. The summed E-state index contributed by atoms with van der Waals surface area (Å²) in [6, 6.07) is 0.176. The lowest BCUT2D eigenvalue weighted by Crippen LogP contribution is -2.55. The number of aryl methyl sites for hydroxylation is 1. The van der Waals surface area contributed by atoms with Crippen molar-refractivity contribution in [3.8, 4) is 0 Å². The van der Waals surface area contributed by atoms with Crippen LogP contribution in [0.2, 0.25) is 0 Å². The molecule has 94 valence electrons. The van der Waals surface area contributed by atoms with Crippen LogP contribution in [0.3, 0.4) is 0 Å². The van der Waals surface area contributed by atoms with E-state index in [9.17, 15) is 0 Å². The van der Waals surface area contributed by atoms with E-state index in [0.717, 1.165) is 25.3 Å². The molecule has 1 spiro atoms. The molecule has 1 aromatic heterocycles. The van der Waals surface area contributed by atoms with Gasteiger partial charge in [0, 0.05) is 18.8 Å². The number of thioether (sulfide) groups is 1. The lowest BCUT2D eigenvalue weighted by Gasteiger charge is -2.43. The van der Waals surface area contributed by atoms with Crippen molar-refractivity contribution in [2.24, 2.45) is 7.05 Å². The number of aromatic nitrogens is 3. The van der Waals surface area contributed by atoms with Crippen LogP contribution in [0.25, 0.3) is 0 Å². The molecule has 2 aliphatic heterocycles. The highest BCUT2D eigenvalue weighted by molar-refractivity contribution is 8.00. The monoisotopic (exact) mass is 254 g/mol. The minimum absolute atomic E-state index is 0.0983. The first-order chi connectivity index (χ1) is 8.22. The van der Waals surface area contributed by atoms with Gasteiger partial charge in [0.15, 0.2) is 0 Å². The Morgan fingerprint density at radius 2 is 2.53 bits per heavy atom. The maximum Gasteiger partial charge on any atom is 0.103 e. The SMILES string of the molecule is CC1SCCC12OCCNC2c1cnn(C)n1. The van der Waals surface area contributed by atoms with Gasteiger partial charge in [-0.2, -0.15) is 26.8 Å². The molecule has 5 nitrogen and oxygen atoms in total. The Kier molecular flexibility index (Phi) is 2.88. The predicted molar refractivity (Wildman–Crippen MR) is 67.0 cm³/mol. The molecule has 2 aliphatic rings. The Labute approximate surface area is 105 Å². The first-order valence-corrected chi connectivity index (χ1v) is 7.12. The summed E-state index contributed by atoms with van der Waals surface area (Å²) < 4.78 is 6.15. The average Bonchev–Trinajstić information content (AvgIpc) is 2.89. The fourth-order valence-corrected chi connectivity index (χ4v) is 4.25. The zero-order valence-corrected chi connectivity index (χ0v) is 11.0. The van der Waals surface area contributed by atoms with Crippen molar-refractivity contribution in [2.45, 2.75) is 30.2 Å². The van der Waals surface area contributed by atoms with Crippen LogP contribution < -0.4 is 5.32 Å². The van der Waals surface area contributed by atoms with Gasteiger partial charge in [0.25, 0.3) is 0 Å². The van der Waals surface area contributed by atoms with Crippen molar-refractivity contribution in [3.63, 3.8) is 0 Å². The molecule has 2 saturated heterocycles. The summed E-state index contributed by atoms with van der Waals surface area (Å²) in [6.07, 6.45) is 2.94. The van der Waals surface area contributed by atoms with E-state index < -0.39 is 0 Å². The van der Waals surface area contributed by atoms with Crippen molar-refractivity contribution in [2.75, 3.05) is 18.9 Å². The molecule has 3 heterocycles. The van der Waals surface area contributed by atoms with Crippen LogP contribution in [0, 0.1) is 0 Å². The molecule has 0 bridgehead atoms. The van der Waals surface area contributed by atoms with E-state index in [4.69, 9.17) is 4.74 Å². The van der Waals surface area contributed by atoms with Crippen LogP contribution in [-0.4, -0.2) is 44.7 Å². The van der Waals surface area contributed by atoms with Crippen molar-refractivity contribution in [3.05, 3.63) is 11.9 Å². The number of morpholine rings is 1. The minimum Gasteiger partial charge on any atom is -0.370 e. The van der Waals surface area contributed by atoms with Gasteiger partial charge in [0.05, 0.1) is 18.8 Å². The van der Waals surface area contributed by atoms with E-state index in [1.54, 1.807) is 4.80 Å². The number of hydrogen-bond acceptors (Lipinski definition) is 5. The summed E-state index contributed by atoms with van der Waals surface area (Å²) in [6.45, 7) is 3.94. The van der Waals surface area contributed by atoms with Crippen LogP contribution in [0.4, 0.5) is 0 Å². The Hall–Kier alpha value is -0.590. The van der Waals surface area contributed by atoms with Gasteiger partial charge in [-0.15, -0.1) is 0 Å². The summed E-state index contributed by atoms with van der Waals surface area (Å²) in [7, 11) is 1.85. The lowest BCUT2D eigenvalue weighted by molar-refractivity contribution is -0.0950. The first-order valence-electron chi connectivity index (χ1n) is 6.07. The van der Waals surface area contributed by atoms with Crippen molar-refractivity contribution >= 4 is 11.8 Å². The summed E-state index contributed by atoms with van der Waals surface area (Å²) >= 11 is 1.99. The van der Waals surface area contributed by atoms with E-state index in [0.29, 0.717) is 5.25 Å². The van der Waals surface area contributed by atoms with E-state index in [1.165, 1.54) is 5.75 Å². The smallest absolute Gasteiger partial charge is 0.103 e. The van der Waals surface area contributed by atoms with Crippen molar-refractivity contribution in [1.82, 2.24) is 20.3 Å². The highest BCUT2D eigenvalue weighted by Gasteiger charge is 2.51. The van der Waals surface area contributed by atoms with Crippen LogP contribution in [0.15, 0.2) is 6.20 Å². The number of nitrogens with one attached hydrogen (secondary N) is 1. The van der Waals surface area contributed by atoms with E-state index >= 15 is 0 Å². The van der Waals surface area contributed by atoms with Crippen molar-refractivity contribution in [1.29, 1.82) is 0 Å². The molecule has 17 heavy (non-hydrogen) atoms. The maximum atomic E-state index is 6.15. The van der Waals surface area contributed by atoms with E-state index in [1.807, 2.05) is 25.0 Å². The summed E-state index contributed by atoms with van der Waals surface area (Å²) in [5.74, 6) is 1.17. The number of nitrogens with zero attached hydrogens (tertiary/aromatic N) is 3. The molecule has 0 aliphatic carbocycles. The molecule has 3 atom stereocenters. The quantitative estimate of drug-likeness (QED) is 0.801. The Morgan fingerprint density at radius 3 is 3.18 bits per heavy atom. The number of ether oxygens (including phenoxy) is 1. The number of hydrogen-bond donors (Lipinski definition) is 1. The Balaban J connectivity index is 1.95. The molecule has 0 radical (unpaired) electrons. The standard InChI is InChI=1S/C11H18N4OS/c1-8-11(3-6-17-8)10(12-4-5-16-11)9-7-13-15(2)14-9/h7-8,10,12H,3-6H2,1-2H3. The minimum atomic E-state index is -0.0983. The van der Waals surface area contributed by atoms with Crippen LogP contribution in [0.1, 0.15) is 25.1 Å². The van der Waals surface area contributed by atoms with Gasteiger partial charge < -0.3 is 10.1 Å². The molecule has 1 N–H and O–H groups in total. The third kappa shape index (κ3) is 1.78. The van der Waals surface area contributed by atoms with Gasteiger partial charge in [0.2, 0.25) is 0 Å². The second-order valence-corrected chi connectivity index (χ2v) is 6.16. The fraction of sp³-hybridized carbons (Fsp3) is 0.818. The van der Waals surface area contributed by atoms with Crippen molar-refractivity contribution < 1.29 is 4.74 Å². The summed E-state index contributed by atoms with van der Waals surface area (Å²) in [5.41, 5.74) is 0.903. The predicted octanol–water partition coefficient (Wildman–Crippen LogP) is 0.740.